The van der Waals surface area contributed by atoms with Gasteiger partial charge in [-0.3, -0.25) is 0 Å². The van der Waals surface area contributed by atoms with Gasteiger partial charge in [0.1, 0.15) is 0 Å². The standard InChI is InChI=1S/C11H24N2/c1-6-7-8-11(9-13(4)5)12-10(2)3/h9-10,12H,6-8H2,1-5H3/b11-9+. The van der Waals surface area contributed by atoms with Crippen LogP contribution in [0.5, 0.6) is 0 Å². The highest BCUT2D eigenvalue weighted by atomic mass is 15.1. The molecule has 0 bridgehead atoms. The van der Waals surface area contributed by atoms with E-state index in [1.807, 2.05) is 0 Å². The van der Waals surface area contributed by atoms with E-state index in [0.29, 0.717) is 6.04 Å². The smallest absolute Gasteiger partial charge is 0.0270 e. The van der Waals surface area contributed by atoms with E-state index < -0.39 is 0 Å². The molecule has 2 heteroatoms. The summed E-state index contributed by atoms with van der Waals surface area (Å²) in [6.07, 6.45) is 5.85. The molecule has 78 valence electrons. The van der Waals surface area contributed by atoms with Crippen molar-refractivity contribution in [3.63, 3.8) is 0 Å². The van der Waals surface area contributed by atoms with E-state index in [9.17, 15) is 0 Å². The first-order valence-corrected chi connectivity index (χ1v) is 5.20. The van der Waals surface area contributed by atoms with Gasteiger partial charge in [-0.15, -0.1) is 0 Å². The molecule has 0 saturated carbocycles. The summed E-state index contributed by atoms with van der Waals surface area (Å²) in [6.45, 7) is 6.58. The van der Waals surface area contributed by atoms with Gasteiger partial charge in [-0.25, -0.2) is 0 Å². The van der Waals surface area contributed by atoms with Gasteiger partial charge in [0.05, 0.1) is 0 Å². The predicted molar refractivity (Wildman–Crippen MR) is 59.6 cm³/mol. The van der Waals surface area contributed by atoms with Crippen LogP contribution in [0.25, 0.3) is 0 Å². The second-order valence-electron chi connectivity index (χ2n) is 4.02. The van der Waals surface area contributed by atoms with Crippen molar-refractivity contribution >= 4 is 0 Å². The first kappa shape index (κ1) is 12.3. The van der Waals surface area contributed by atoms with E-state index in [2.05, 4.69) is 51.3 Å². The molecule has 0 atom stereocenters. The van der Waals surface area contributed by atoms with Crippen LogP contribution in [0, 0.1) is 0 Å². The Kier molecular flexibility index (Phi) is 6.47. The molecule has 0 fully saturated rings. The largest absolute Gasteiger partial charge is 0.385 e. The molecule has 0 aliphatic carbocycles. The number of rotatable bonds is 6. The Hall–Kier alpha value is -0.660. The topological polar surface area (TPSA) is 15.3 Å². The molecule has 0 spiro atoms. The van der Waals surface area contributed by atoms with Gasteiger partial charge in [-0.1, -0.05) is 13.3 Å². The molecule has 0 unspecified atom stereocenters. The molecule has 1 N–H and O–H groups in total. The average molecular weight is 184 g/mol. The zero-order valence-corrected chi connectivity index (χ0v) is 9.72. The molecular weight excluding hydrogens is 160 g/mol. The monoisotopic (exact) mass is 184 g/mol. The van der Waals surface area contributed by atoms with Gasteiger partial charge in [0.15, 0.2) is 0 Å². The molecule has 0 aliphatic heterocycles. The SMILES string of the molecule is CCCC/C(=C\N(C)C)NC(C)C. The zero-order valence-electron chi connectivity index (χ0n) is 9.72. The van der Waals surface area contributed by atoms with Crippen LogP contribution in [0.15, 0.2) is 11.9 Å². The van der Waals surface area contributed by atoms with Crippen LogP contribution in [0.4, 0.5) is 0 Å². The molecular formula is C11H24N2. The van der Waals surface area contributed by atoms with Gasteiger partial charge in [-0.2, -0.15) is 0 Å². The molecule has 0 aromatic rings. The normalized spacial score (nSPS) is 12.0. The fourth-order valence-corrected chi connectivity index (χ4v) is 1.22. The molecule has 0 rings (SSSR count). The third kappa shape index (κ3) is 7.69. The number of unbranched alkanes of at least 4 members (excludes halogenated alkanes) is 1. The second kappa shape index (κ2) is 6.81. The molecule has 0 aliphatic rings. The summed E-state index contributed by atoms with van der Waals surface area (Å²) in [5, 5.41) is 3.47. The molecule has 0 heterocycles. The summed E-state index contributed by atoms with van der Waals surface area (Å²) in [6, 6.07) is 0.531. The Bertz CT molecular complexity index is 148. The lowest BCUT2D eigenvalue weighted by atomic mass is 10.2. The van der Waals surface area contributed by atoms with Crippen molar-refractivity contribution in [2.45, 2.75) is 46.1 Å². The van der Waals surface area contributed by atoms with Gasteiger partial charge < -0.3 is 10.2 Å². The van der Waals surface area contributed by atoms with Crippen molar-refractivity contribution in [2.75, 3.05) is 14.1 Å². The lowest BCUT2D eigenvalue weighted by molar-refractivity contribution is 0.530. The van der Waals surface area contributed by atoms with Crippen molar-refractivity contribution < 1.29 is 0 Å². The van der Waals surface area contributed by atoms with Crippen molar-refractivity contribution in [3.05, 3.63) is 11.9 Å². The fraction of sp³-hybridized carbons (Fsp3) is 0.818. The molecule has 0 radical (unpaired) electrons. The highest BCUT2D eigenvalue weighted by molar-refractivity contribution is 4.99. The number of nitrogens with one attached hydrogen (secondary N) is 1. The first-order chi connectivity index (χ1) is 6.06. The van der Waals surface area contributed by atoms with Gasteiger partial charge in [-0.05, 0) is 26.7 Å². The molecule has 2 nitrogen and oxygen atoms in total. The lowest BCUT2D eigenvalue weighted by Crippen LogP contribution is -2.23. The summed E-state index contributed by atoms with van der Waals surface area (Å²) in [4.78, 5) is 2.10. The molecule has 0 aromatic heterocycles. The quantitative estimate of drug-likeness (QED) is 0.682. The molecule has 13 heavy (non-hydrogen) atoms. The Morgan fingerprint density at radius 3 is 2.38 bits per heavy atom. The van der Waals surface area contributed by atoms with E-state index in [4.69, 9.17) is 0 Å². The maximum Gasteiger partial charge on any atom is 0.0270 e. The lowest BCUT2D eigenvalue weighted by Gasteiger charge is -2.16. The summed E-state index contributed by atoms with van der Waals surface area (Å²) < 4.78 is 0. The Morgan fingerprint density at radius 2 is 2.00 bits per heavy atom. The molecule has 0 saturated heterocycles. The Balaban J connectivity index is 4.02. The van der Waals surface area contributed by atoms with Crippen molar-refractivity contribution in [1.29, 1.82) is 0 Å². The highest BCUT2D eigenvalue weighted by Crippen LogP contribution is 2.05. The number of hydrogen-bond donors (Lipinski definition) is 1. The fourth-order valence-electron chi connectivity index (χ4n) is 1.22. The first-order valence-electron chi connectivity index (χ1n) is 5.20. The maximum absolute atomic E-state index is 3.47. The Morgan fingerprint density at radius 1 is 1.38 bits per heavy atom. The number of nitrogens with zero attached hydrogens (tertiary/aromatic N) is 1. The summed E-state index contributed by atoms with van der Waals surface area (Å²) in [5.41, 5.74) is 1.35. The third-order valence-electron chi connectivity index (χ3n) is 1.69. The van der Waals surface area contributed by atoms with Gasteiger partial charge in [0, 0.05) is 32.0 Å². The van der Waals surface area contributed by atoms with Crippen LogP contribution >= 0.6 is 0 Å². The van der Waals surface area contributed by atoms with Crippen molar-refractivity contribution in [2.24, 2.45) is 0 Å². The molecule has 0 aromatic carbocycles. The maximum atomic E-state index is 3.47. The second-order valence-corrected chi connectivity index (χ2v) is 4.02. The van der Waals surface area contributed by atoms with Gasteiger partial charge >= 0.3 is 0 Å². The highest BCUT2D eigenvalue weighted by Gasteiger charge is 1.99. The van der Waals surface area contributed by atoms with Gasteiger partial charge in [0.25, 0.3) is 0 Å². The third-order valence-corrected chi connectivity index (χ3v) is 1.69. The van der Waals surface area contributed by atoms with Gasteiger partial charge in [0.2, 0.25) is 0 Å². The summed E-state index contributed by atoms with van der Waals surface area (Å²) >= 11 is 0. The van der Waals surface area contributed by atoms with Crippen LogP contribution in [0.2, 0.25) is 0 Å². The van der Waals surface area contributed by atoms with Crippen LogP contribution in [-0.2, 0) is 0 Å². The summed E-state index contributed by atoms with van der Waals surface area (Å²) in [7, 11) is 4.13. The predicted octanol–water partition coefficient (Wildman–Crippen LogP) is 2.58. The minimum absolute atomic E-state index is 0.531. The van der Waals surface area contributed by atoms with Crippen molar-refractivity contribution in [1.82, 2.24) is 10.2 Å². The van der Waals surface area contributed by atoms with Crippen LogP contribution in [0.1, 0.15) is 40.0 Å². The van der Waals surface area contributed by atoms with E-state index in [0.717, 1.165) is 6.42 Å². The van der Waals surface area contributed by atoms with Crippen LogP contribution in [0.3, 0.4) is 0 Å². The van der Waals surface area contributed by atoms with Crippen LogP contribution in [-0.4, -0.2) is 25.0 Å². The minimum Gasteiger partial charge on any atom is -0.385 e. The average Bonchev–Trinajstić information content (AvgIpc) is 1.98. The minimum atomic E-state index is 0.531. The zero-order chi connectivity index (χ0) is 10.3. The summed E-state index contributed by atoms with van der Waals surface area (Å²) in [5.74, 6) is 0. The number of hydrogen-bond acceptors (Lipinski definition) is 2. The van der Waals surface area contributed by atoms with Crippen LogP contribution < -0.4 is 5.32 Å². The Labute approximate surface area is 83.0 Å². The van der Waals surface area contributed by atoms with Crippen molar-refractivity contribution in [3.8, 4) is 0 Å². The van der Waals surface area contributed by atoms with E-state index in [-0.39, 0.29) is 0 Å². The number of allylic oxidation sites excluding steroid dienone is 1. The molecule has 0 amide bonds. The van der Waals surface area contributed by atoms with E-state index >= 15 is 0 Å². The van der Waals surface area contributed by atoms with E-state index in [1.165, 1.54) is 18.5 Å². The van der Waals surface area contributed by atoms with E-state index in [1.54, 1.807) is 0 Å².